The van der Waals surface area contributed by atoms with Crippen molar-refractivity contribution in [1.82, 2.24) is 4.98 Å². The maximum Gasteiger partial charge on any atom is 0.253 e. The third kappa shape index (κ3) is 2.81. The van der Waals surface area contributed by atoms with Crippen LogP contribution in [0.25, 0.3) is 0 Å². The predicted molar refractivity (Wildman–Crippen MR) is 61.4 cm³/mol. The van der Waals surface area contributed by atoms with E-state index >= 15 is 0 Å². The normalized spacial score (nSPS) is 10.0. The van der Waals surface area contributed by atoms with Gasteiger partial charge >= 0.3 is 0 Å². The Bertz CT molecular complexity index is 461. The number of aromatic nitrogens is 1. The molecule has 0 N–H and O–H groups in total. The summed E-state index contributed by atoms with van der Waals surface area (Å²) in [6.07, 6.45) is 4.13. The van der Waals surface area contributed by atoms with Crippen LogP contribution < -0.4 is 0 Å². The van der Waals surface area contributed by atoms with Gasteiger partial charge < -0.3 is 0 Å². The molecule has 0 saturated heterocycles. The third-order valence-electron chi connectivity index (χ3n) is 1.70. The van der Waals surface area contributed by atoms with Crippen molar-refractivity contribution >= 4 is 17.8 Å². The van der Waals surface area contributed by atoms with Crippen LogP contribution >= 0.6 is 0 Å². The Labute approximate surface area is 93.0 Å². The van der Waals surface area contributed by atoms with Crippen LogP contribution in [-0.4, -0.2) is 22.8 Å². The number of carbonyl (C=O) groups is 2. The number of carbonyl (C=O) groups excluding carboxylic acids is 2. The highest BCUT2D eigenvalue weighted by molar-refractivity contribution is 6.48. The van der Waals surface area contributed by atoms with Crippen LogP contribution in [0.1, 0.15) is 10.5 Å². The summed E-state index contributed by atoms with van der Waals surface area (Å²) in [5.74, 6) is -1.48. The van der Waals surface area contributed by atoms with Crippen molar-refractivity contribution in [3.05, 3.63) is 55.0 Å². The van der Waals surface area contributed by atoms with Crippen molar-refractivity contribution in [2.24, 2.45) is 4.99 Å². The van der Waals surface area contributed by atoms with Crippen LogP contribution in [0.5, 0.6) is 0 Å². The molecule has 1 rings (SSSR count). The van der Waals surface area contributed by atoms with E-state index in [-0.39, 0.29) is 11.4 Å². The van der Waals surface area contributed by atoms with E-state index < -0.39 is 11.6 Å². The van der Waals surface area contributed by atoms with Gasteiger partial charge in [0, 0.05) is 12.4 Å². The second-order valence-electron chi connectivity index (χ2n) is 2.83. The minimum Gasteiger partial charge on any atom is -0.283 e. The SMILES string of the molecule is C=CC=NC(=C)C(=O)C(=O)c1ccccn1. The fourth-order valence-corrected chi connectivity index (χ4v) is 0.946. The molecule has 0 aliphatic heterocycles. The topological polar surface area (TPSA) is 59.4 Å². The summed E-state index contributed by atoms with van der Waals surface area (Å²) < 4.78 is 0. The zero-order valence-corrected chi connectivity index (χ0v) is 8.59. The highest BCUT2D eigenvalue weighted by Crippen LogP contribution is 2.02. The number of ketones is 2. The van der Waals surface area contributed by atoms with Crippen molar-refractivity contribution in [2.75, 3.05) is 0 Å². The first-order valence-electron chi connectivity index (χ1n) is 4.51. The quantitative estimate of drug-likeness (QED) is 0.324. The summed E-state index contributed by atoms with van der Waals surface area (Å²) in [7, 11) is 0. The van der Waals surface area contributed by atoms with E-state index in [1.54, 1.807) is 12.1 Å². The van der Waals surface area contributed by atoms with Crippen LogP contribution in [-0.2, 0) is 4.79 Å². The number of nitrogens with zero attached hydrogens (tertiary/aromatic N) is 2. The number of hydrogen-bond donors (Lipinski definition) is 0. The molecule has 1 heterocycles. The summed E-state index contributed by atoms with van der Waals surface area (Å²) in [5.41, 5.74) is -0.0435. The molecule has 4 heteroatoms. The lowest BCUT2D eigenvalue weighted by Gasteiger charge is -1.97. The molecular formula is C12H10N2O2. The molecule has 0 aliphatic carbocycles. The first-order chi connectivity index (χ1) is 7.66. The Morgan fingerprint density at radius 1 is 1.38 bits per heavy atom. The van der Waals surface area contributed by atoms with E-state index in [1.807, 2.05) is 0 Å². The van der Waals surface area contributed by atoms with E-state index in [0.717, 1.165) is 0 Å². The van der Waals surface area contributed by atoms with Gasteiger partial charge in [-0.05, 0) is 12.1 Å². The molecule has 0 radical (unpaired) electrons. The Morgan fingerprint density at radius 2 is 2.12 bits per heavy atom. The van der Waals surface area contributed by atoms with E-state index in [9.17, 15) is 9.59 Å². The van der Waals surface area contributed by atoms with Crippen LogP contribution in [0.15, 0.2) is 54.3 Å². The first kappa shape index (κ1) is 11.7. The smallest absolute Gasteiger partial charge is 0.253 e. The zero-order valence-electron chi connectivity index (χ0n) is 8.59. The summed E-state index contributed by atoms with van der Waals surface area (Å²) in [4.78, 5) is 30.5. The molecule has 1 aromatic rings. The van der Waals surface area contributed by atoms with Crippen LogP contribution in [0.3, 0.4) is 0 Å². The monoisotopic (exact) mass is 214 g/mol. The van der Waals surface area contributed by atoms with Gasteiger partial charge in [0.05, 0.1) is 0 Å². The van der Waals surface area contributed by atoms with Gasteiger partial charge in [0.25, 0.3) is 11.6 Å². The zero-order chi connectivity index (χ0) is 12.0. The second-order valence-corrected chi connectivity index (χ2v) is 2.83. The first-order valence-corrected chi connectivity index (χ1v) is 4.51. The highest BCUT2D eigenvalue weighted by Gasteiger charge is 2.19. The number of aliphatic imine (C=N–C) groups is 1. The Morgan fingerprint density at radius 3 is 2.69 bits per heavy atom. The average Bonchev–Trinajstić information content (AvgIpc) is 2.35. The molecule has 1 aromatic heterocycles. The lowest BCUT2D eigenvalue weighted by atomic mass is 10.1. The van der Waals surface area contributed by atoms with Crippen molar-refractivity contribution in [1.29, 1.82) is 0 Å². The largest absolute Gasteiger partial charge is 0.283 e. The second kappa shape index (κ2) is 5.50. The third-order valence-corrected chi connectivity index (χ3v) is 1.70. The molecule has 4 nitrogen and oxygen atoms in total. The predicted octanol–water partition coefficient (Wildman–Crippen LogP) is 1.60. The highest BCUT2D eigenvalue weighted by atomic mass is 16.2. The maximum absolute atomic E-state index is 11.6. The lowest BCUT2D eigenvalue weighted by molar-refractivity contribution is -0.111. The van der Waals surface area contributed by atoms with Gasteiger partial charge in [-0.1, -0.05) is 25.3 Å². The minimum atomic E-state index is -0.767. The summed E-state index contributed by atoms with van der Waals surface area (Å²) in [5, 5.41) is 0. The molecule has 16 heavy (non-hydrogen) atoms. The number of pyridine rings is 1. The van der Waals surface area contributed by atoms with Gasteiger partial charge in [0.2, 0.25) is 0 Å². The molecule has 0 amide bonds. The van der Waals surface area contributed by atoms with Gasteiger partial charge in [0.15, 0.2) is 0 Å². The molecule has 0 aromatic carbocycles. The lowest BCUT2D eigenvalue weighted by Crippen LogP contribution is -2.16. The summed E-state index contributed by atoms with van der Waals surface area (Å²) in [6, 6.07) is 4.75. The van der Waals surface area contributed by atoms with Crippen LogP contribution in [0, 0.1) is 0 Å². The number of rotatable bonds is 5. The van der Waals surface area contributed by atoms with Gasteiger partial charge in [-0.25, -0.2) is 0 Å². The van der Waals surface area contributed by atoms with Crippen molar-refractivity contribution in [3.8, 4) is 0 Å². The van der Waals surface area contributed by atoms with E-state index in [1.165, 1.54) is 24.6 Å². The van der Waals surface area contributed by atoms with Crippen LogP contribution in [0.4, 0.5) is 0 Å². The fraction of sp³-hybridized carbons (Fsp3) is 0. The molecule has 0 saturated carbocycles. The van der Waals surface area contributed by atoms with Gasteiger partial charge in [0.1, 0.15) is 11.4 Å². The Kier molecular flexibility index (Phi) is 4.03. The summed E-state index contributed by atoms with van der Waals surface area (Å²) in [6.45, 7) is 6.79. The number of allylic oxidation sites excluding steroid dienone is 2. The molecular weight excluding hydrogens is 204 g/mol. The minimum absolute atomic E-state index is 0.0856. The molecule has 0 bridgehead atoms. The van der Waals surface area contributed by atoms with E-state index in [4.69, 9.17) is 0 Å². The summed E-state index contributed by atoms with van der Waals surface area (Å²) >= 11 is 0. The standard InChI is InChI=1S/C12H10N2O2/c1-3-7-13-9(2)11(15)12(16)10-6-4-5-8-14-10/h3-8H,1-2H2. The van der Waals surface area contributed by atoms with Crippen molar-refractivity contribution in [2.45, 2.75) is 0 Å². The van der Waals surface area contributed by atoms with E-state index in [2.05, 4.69) is 23.1 Å². The average molecular weight is 214 g/mol. The number of hydrogen-bond acceptors (Lipinski definition) is 4. The molecule has 0 aliphatic rings. The maximum atomic E-state index is 11.6. The molecule has 0 atom stereocenters. The van der Waals surface area contributed by atoms with E-state index in [0.29, 0.717) is 0 Å². The van der Waals surface area contributed by atoms with Crippen molar-refractivity contribution < 1.29 is 9.59 Å². The Balaban J connectivity index is 2.84. The van der Waals surface area contributed by atoms with Gasteiger partial charge in [-0.3, -0.25) is 19.6 Å². The van der Waals surface area contributed by atoms with Gasteiger partial charge in [-0.2, -0.15) is 0 Å². The molecule has 0 spiro atoms. The molecule has 0 unspecified atom stereocenters. The fourth-order valence-electron chi connectivity index (χ4n) is 0.946. The van der Waals surface area contributed by atoms with Crippen molar-refractivity contribution in [3.63, 3.8) is 0 Å². The number of Topliss-reactive ketones (excluding diaryl/α,β-unsaturated/α-hetero) is 2. The Hall–Kier alpha value is -2.36. The molecule has 80 valence electrons. The van der Waals surface area contributed by atoms with Crippen LogP contribution in [0.2, 0.25) is 0 Å². The van der Waals surface area contributed by atoms with Gasteiger partial charge in [-0.15, -0.1) is 0 Å². The molecule has 0 fully saturated rings.